The highest BCUT2D eigenvalue weighted by Crippen LogP contribution is 2.37. The smallest absolute Gasteiger partial charge is 0.257 e. The van der Waals surface area contributed by atoms with Crippen molar-refractivity contribution in [2.24, 2.45) is 5.92 Å². The fourth-order valence-electron chi connectivity index (χ4n) is 5.01. The Balaban J connectivity index is 1.57. The van der Waals surface area contributed by atoms with E-state index in [0.29, 0.717) is 46.2 Å². The normalized spacial score (nSPS) is 20.2. The third-order valence-corrected chi connectivity index (χ3v) is 7.16. The van der Waals surface area contributed by atoms with Crippen molar-refractivity contribution >= 4 is 40.7 Å². The largest absolute Gasteiger partial charge is 0.493 e. The molecule has 0 unspecified atom stereocenters. The first-order chi connectivity index (χ1) is 16.0. The molecule has 0 aromatic heterocycles. The van der Waals surface area contributed by atoms with Crippen molar-refractivity contribution in [1.82, 2.24) is 4.90 Å². The summed E-state index contributed by atoms with van der Waals surface area (Å²) in [7, 11) is 0. The molecule has 2 aromatic rings. The summed E-state index contributed by atoms with van der Waals surface area (Å²) in [4.78, 5) is 28.4. The van der Waals surface area contributed by atoms with Crippen LogP contribution in [0.3, 0.4) is 0 Å². The Bertz CT molecular complexity index is 1020. The maximum atomic E-state index is 13.6. The van der Waals surface area contributed by atoms with Gasteiger partial charge in [0.2, 0.25) is 0 Å². The van der Waals surface area contributed by atoms with E-state index in [0.717, 1.165) is 25.8 Å². The van der Waals surface area contributed by atoms with Crippen LogP contribution in [0.2, 0.25) is 10.0 Å². The lowest BCUT2D eigenvalue weighted by Gasteiger charge is -2.44. The molecule has 2 atom stereocenters. The molecule has 1 aliphatic heterocycles. The summed E-state index contributed by atoms with van der Waals surface area (Å²) in [6.07, 6.45) is 7.82. The number of nitrogens with one attached hydrogen (secondary N) is 1. The van der Waals surface area contributed by atoms with Crippen LogP contribution in [0.1, 0.15) is 72.6 Å². The van der Waals surface area contributed by atoms with E-state index in [1.165, 1.54) is 31.7 Å². The molecule has 33 heavy (non-hydrogen) atoms. The number of likely N-dealkylation sites (tertiary alicyclic amines) is 1. The van der Waals surface area contributed by atoms with Crippen LogP contribution in [0.15, 0.2) is 36.4 Å². The van der Waals surface area contributed by atoms with E-state index < -0.39 is 0 Å². The number of anilines is 1. The Morgan fingerprint density at radius 1 is 1.03 bits per heavy atom. The zero-order chi connectivity index (χ0) is 23.4. The first-order valence-corrected chi connectivity index (χ1v) is 12.6. The van der Waals surface area contributed by atoms with Gasteiger partial charge < -0.3 is 15.0 Å². The molecular formula is C26H30Cl2N2O3. The van der Waals surface area contributed by atoms with Crippen molar-refractivity contribution in [3.63, 3.8) is 0 Å². The fraction of sp³-hybridized carbons (Fsp3) is 0.462. The third-order valence-electron chi connectivity index (χ3n) is 6.61. The topological polar surface area (TPSA) is 58.6 Å². The van der Waals surface area contributed by atoms with Crippen LogP contribution in [0.25, 0.3) is 0 Å². The lowest BCUT2D eigenvalue weighted by Crippen LogP contribution is -2.49. The van der Waals surface area contributed by atoms with Crippen molar-refractivity contribution in [2.75, 3.05) is 18.5 Å². The van der Waals surface area contributed by atoms with Crippen molar-refractivity contribution < 1.29 is 14.3 Å². The van der Waals surface area contributed by atoms with E-state index in [1.807, 2.05) is 6.92 Å². The number of nitrogens with zero attached hydrogens (tertiary/aromatic N) is 1. The molecule has 1 saturated heterocycles. The number of carbonyl (C=O) groups excluding carboxylic acids is 2. The van der Waals surface area contributed by atoms with Gasteiger partial charge in [-0.1, -0.05) is 43.0 Å². The summed E-state index contributed by atoms with van der Waals surface area (Å²) in [5, 5.41) is 3.60. The Morgan fingerprint density at radius 3 is 2.58 bits per heavy atom. The molecule has 2 fully saturated rings. The van der Waals surface area contributed by atoms with Gasteiger partial charge in [-0.3, -0.25) is 9.59 Å². The summed E-state index contributed by atoms with van der Waals surface area (Å²) in [5.74, 6) is 0.786. The molecule has 0 radical (unpaired) electrons. The Morgan fingerprint density at radius 2 is 1.79 bits per heavy atom. The minimum Gasteiger partial charge on any atom is -0.493 e. The summed E-state index contributed by atoms with van der Waals surface area (Å²) in [5.41, 5.74) is 1.42. The second kappa shape index (κ2) is 10.8. The van der Waals surface area contributed by atoms with Gasteiger partial charge in [-0.2, -0.15) is 0 Å². The third kappa shape index (κ3) is 5.47. The summed E-state index contributed by atoms with van der Waals surface area (Å²) >= 11 is 12.1. The van der Waals surface area contributed by atoms with Crippen molar-refractivity contribution in [3.05, 3.63) is 57.6 Å². The van der Waals surface area contributed by atoms with E-state index in [2.05, 4.69) is 10.2 Å². The first kappa shape index (κ1) is 23.9. The maximum Gasteiger partial charge on any atom is 0.257 e. The van der Waals surface area contributed by atoms with Crippen LogP contribution < -0.4 is 10.1 Å². The molecule has 4 rings (SSSR count). The highest BCUT2D eigenvalue weighted by atomic mass is 35.5. The number of hydrogen-bond donors (Lipinski definition) is 1. The predicted molar refractivity (Wildman–Crippen MR) is 133 cm³/mol. The highest BCUT2D eigenvalue weighted by molar-refractivity contribution is 6.37. The second-order valence-electron chi connectivity index (χ2n) is 8.89. The average Bonchev–Trinajstić information content (AvgIpc) is 2.82. The molecule has 7 heteroatoms. The summed E-state index contributed by atoms with van der Waals surface area (Å²) < 4.78 is 5.96. The minimum atomic E-state index is -0.349. The zero-order valence-corrected chi connectivity index (χ0v) is 20.4. The number of hydrogen-bond acceptors (Lipinski definition) is 3. The minimum absolute atomic E-state index is 0.0244. The molecule has 5 nitrogen and oxygen atoms in total. The summed E-state index contributed by atoms with van der Waals surface area (Å²) in [6, 6.07) is 10.3. The van der Waals surface area contributed by atoms with E-state index >= 15 is 0 Å². The first-order valence-electron chi connectivity index (χ1n) is 11.8. The number of fused-ring (bicyclic) bond motifs is 1. The Hall–Kier alpha value is -2.24. The predicted octanol–water partition coefficient (Wildman–Crippen LogP) is 6.83. The van der Waals surface area contributed by atoms with Gasteiger partial charge in [-0.05, 0) is 68.4 Å². The van der Waals surface area contributed by atoms with Crippen LogP contribution in [0.4, 0.5) is 5.69 Å². The van der Waals surface area contributed by atoms with Gasteiger partial charge in [0, 0.05) is 29.4 Å². The lowest BCUT2D eigenvalue weighted by atomic mass is 9.78. The number of amides is 2. The van der Waals surface area contributed by atoms with Crippen molar-refractivity contribution in [1.29, 1.82) is 0 Å². The van der Waals surface area contributed by atoms with E-state index in [1.54, 1.807) is 30.3 Å². The van der Waals surface area contributed by atoms with Crippen molar-refractivity contribution in [2.45, 2.75) is 57.9 Å². The summed E-state index contributed by atoms with van der Waals surface area (Å²) in [6.45, 7) is 3.31. The molecule has 1 saturated carbocycles. The second-order valence-corrected chi connectivity index (χ2v) is 9.73. The van der Waals surface area contributed by atoms with Gasteiger partial charge in [-0.25, -0.2) is 0 Å². The number of carbonyl (C=O) groups is 2. The molecule has 176 valence electrons. The number of halogens is 2. The van der Waals surface area contributed by atoms with Crippen LogP contribution in [0, 0.1) is 5.92 Å². The molecule has 1 N–H and O–H groups in total. The molecule has 2 amide bonds. The quantitative estimate of drug-likeness (QED) is 0.484. The van der Waals surface area contributed by atoms with Crippen LogP contribution in [-0.4, -0.2) is 35.9 Å². The van der Waals surface area contributed by atoms with Gasteiger partial charge in [0.1, 0.15) is 5.75 Å². The molecule has 2 aliphatic rings. The maximum absolute atomic E-state index is 13.6. The standard InChI is InChI=1S/C26H30Cl2N2O3/c1-2-14-33-24-16-19(29-25(31)20-11-9-18(27)15-22(20)28)10-12-21(24)26(32)30-13-5-7-17-6-3-4-8-23(17)30/h9-12,15-17,23H,2-8,13-14H2,1H3,(H,29,31)/t17-,23+/m1/s1. The van der Waals surface area contributed by atoms with Crippen molar-refractivity contribution in [3.8, 4) is 5.75 Å². The van der Waals surface area contributed by atoms with Gasteiger partial charge in [0.15, 0.2) is 0 Å². The van der Waals surface area contributed by atoms with Gasteiger partial charge >= 0.3 is 0 Å². The number of benzene rings is 2. The van der Waals surface area contributed by atoms with Crippen LogP contribution in [0.5, 0.6) is 5.75 Å². The SMILES string of the molecule is CCCOc1cc(NC(=O)c2ccc(Cl)cc2Cl)ccc1C(=O)N1CCC[C@H]2CCCC[C@@H]21. The van der Waals surface area contributed by atoms with E-state index in [4.69, 9.17) is 27.9 Å². The molecule has 0 spiro atoms. The monoisotopic (exact) mass is 488 g/mol. The number of ether oxygens (including phenoxy) is 1. The molecular weight excluding hydrogens is 459 g/mol. The number of rotatable bonds is 6. The lowest BCUT2D eigenvalue weighted by molar-refractivity contribution is 0.0387. The van der Waals surface area contributed by atoms with Crippen LogP contribution in [-0.2, 0) is 0 Å². The molecule has 1 aliphatic carbocycles. The molecule has 0 bridgehead atoms. The van der Waals surface area contributed by atoms with Gasteiger partial charge in [-0.15, -0.1) is 0 Å². The zero-order valence-electron chi connectivity index (χ0n) is 18.9. The van der Waals surface area contributed by atoms with Gasteiger partial charge in [0.25, 0.3) is 11.8 Å². The van der Waals surface area contributed by atoms with Crippen LogP contribution >= 0.6 is 23.2 Å². The van der Waals surface area contributed by atoms with E-state index in [9.17, 15) is 9.59 Å². The Kier molecular flexibility index (Phi) is 7.82. The average molecular weight is 489 g/mol. The highest BCUT2D eigenvalue weighted by Gasteiger charge is 2.36. The number of piperidine rings is 1. The fourth-order valence-corrected chi connectivity index (χ4v) is 5.51. The molecule has 1 heterocycles. The molecule has 2 aromatic carbocycles. The Labute approximate surface area is 205 Å². The van der Waals surface area contributed by atoms with Gasteiger partial charge in [0.05, 0.1) is 22.8 Å². The van der Waals surface area contributed by atoms with E-state index in [-0.39, 0.29) is 16.8 Å².